The van der Waals surface area contributed by atoms with Gasteiger partial charge in [0.1, 0.15) is 24.7 Å². The Labute approximate surface area is 161 Å². The van der Waals surface area contributed by atoms with E-state index in [1.165, 1.54) is 0 Å². The van der Waals surface area contributed by atoms with Gasteiger partial charge in [-0.2, -0.15) is 0 Å². The van der Waals surface area contributed by atoms with Crippen molar-refractivity contribution in [2.24, 2.45) is 0 Å². The van der Waals surface area contributed by atoms with Crippen molar-refractivity contribution in [3.63, 3.8) is 0 Å². The lowest BCUT2D eigenvalue weighted by Crippen LogP contribution is -2.35. The summed E-state index contributed by atoms with van der Waals surface area (Å²) in [6, 6.07) is 16.6. The highest BCUT2D eigenvalue weighted by Crippen LogP contribution is 2.18. The minimum atomic E-state index is -0.730. The van der Waals surface area contributed by atoms with Crippen molar-refractivity contribution in [1.82, 2.24) is 4.90 Å². The second-order valence-corrected chi connectivity index (χ2v) is 5.85. The van der Waals surface area contributed by atoms with Gasteiger partial charge in [0.2, 0.25) is 0 Å². The molecule has 0 N–H and O–H groups in total. The van der Waals surface area contributed by atoms with Gasteiger partial charge < -0.3 is 18.9 Å². The van der Waals surface area contributed by atoms with Crippen molar-refractivity contribution in [3.05, 3.63) is 60.2 Å². The van der Waals surface area contributed by atoms with E-state index in [9.17, 15) is 14.4 Å². The van der Waals surface area contributed by atoms with Crippen LogP contribution in [-0.2, 0) is 25.7 Å². The molecule has 1 fully saturated rings. The molecule has 0 atom stereocenters. The molecule has 0 bridgehead atoms. The zero-order valence-corrected chi connectivity index (χ0v) is 15.0. The van der Waals surface area contributed by atoms with E-state index < -0.39 is 24.6 Å². The van der Waals surface area contributed by atoms with Gasteiger partial charge in [0.05, 0.1) is 6.54 Å². The summed E-state index contributed by atoms with van der Waals surface area (Å²) in [5, 5.41) is 0. The highest BCUT2D eigenvalue weighted by atomic mass is 16.6. The Hall–Kier alpha value is -3.55. The van der Waals surface area contributed by atoms with Crippen LogP contribution >= 0.6 is 0 Å². The van der Waals surface area contributed by atoms with Crippen molar-refractivity contribution in [1.29, 1.82) is 0 Å². The molecule has 2 aromatic rings. The molecule has 2 aromatic carbocycles. The number of carbonyl (C=O) groups excluding carboxylic acids is 3. The van der Waals surface area contributed by atoms with Crippen molar-refractivity contribution in [2.75, 3.05) is 26.4 Å². The first-order valence-corrected chi connectivity index (χ1v) is 8.64. The molecular weight excluding hydrogens is 366 g/mol. The standard InChI is InChI=1S/C20H19NO7/c22-18(21-10-11-25-20(21)24)13-28-19(23)14-27-17-8-6-16(7-9-17)26-12-15-4-2-1-3-5-15/h1-9H,10-14H2. The summed E-state index contributed by atoms with van der Waals surface area (Å²) in [4.78, 5) is 35.5. The number of amides is 2. The summed E-state index contributed by atoms with van der Waals surface area (Å²) in [5.41, 5.74) is 1.06. The van der Waals surface area contributed by atoms with Gasteiger partial charge >= 0.3 is 12.1 Å². The third-order valence-electron chi connectivity index (χ3n) is 3.85. The first-order valence-electron chi connectivity index (χ1n) is 8.64. The maximum Gasteiger partial charge on any atom is 0.416 e. The quantitative estimate of drug-likeness (QED) is 0.643. The highest BCUT2D eigenvalue weighted by Gasteiger charge is 2.28. The molecular formula is C20H19NO7. The molecule has 0 radical (unpaired) electrons. The Balaban J connectivity index is 1.37. The molecule has 8 heteroatoms. The summed E-state index contributed by atoms with van der Waals surface area (Å²) in [6.07, 6.45) is -0.730. The van der Waals surface area contributed by atoms with Crippen LogP contribution in [0.15, 0.2) is 54.6 Å². The smallest absolute Gasteiger partial charge is 0.416 e. The van der Waals surface area contributed by atoms with Crippen LogP contribution < -0.4 is 9.47 Å². The fraction of sp³-hybridized carbons (Fsp3) is 0.250. The number of rotatable bonds is 8. The van der Waals surface area contributed by atoms with Crippen LogP contribution in [0.3, 0.4) is 0 Å². The Morgan fingerprint density at radius 1 is 0.929 bits per heavy atom. The Morgan fingerprint density at radius 3 is 2.25 bits per heavy atom. The summed E-state index contributed by atoms with van der Waals surface area (Å²) < 4.78 is 20.4. The predicted molar refractivity (Wildman–Crippen MR) is 96.7 cm³/mol. The van der Waals surface area contributed by atoms with E-state index in [4.69, 9.17) is 14.2 Å². The molecule has 0 spiro atoms. The maximum atomic E-state index is 11.7. The van der Waals surface area contributed by atoms with Gasteiger partial charge in [-0.3, -0.25) is 4.79 Å². The van der Waals surface area contributed by atoms with Crippen LogP contribution in [0.2, 0.25) is 0 Å². The number of carbonyl (C=O) groups is 3. The SMILES string of the molecule is O=C(COc1ccc(OCc2ccccc2)cc1)OCC(=O)N1CCOC1=O. The number of esters is 1. The van der Waals surface area contributed by atoms with E-state index in [0.717, 1.165) is 10.5 Å². The van der Waals surface area contributed by atoms with Crippen molar-refractivity contribution in [3.8, 4) is 11.5 Å². The summed E-state index contributed by atoms with van der Waals surface area (Å²) >= 11 is 0. The molecule has 2 amide bonds. The van der Waals surface area contributed by atoms with E-state index in [0.29, 0.717) is 18.1 Å². The van der Waals surface area contributed by atoms with E-state index in [1.54, 1.807) is 24.3 Å². The number of imide groups is 1. The summed E-state index contributed by atoms with van der Waals surface area (Å²) in [6.45, 7) is -0.144. The predicted octanol–water partition coefficient (Wildman–Crippen LogP) is 2.17. The van der Waals surface area contributed by atoms with Gasteiger partial charge in [0.15, 0.2) is 13.2 Å². The zero-order valence-electron chi connectivity index (χ0n) is 15.0. The van der Waals surface area contributed by atoms with Crippen LogP contribution in [-0.4, -0.2) is 49.2 Å². The number of hydrogen-bond donors (Lipinski definition) is 0. The fourth-order valence-electron chi connectivity index (χ4n) is 2.40. The van der Waals surface area contributed by atoms with Crippen molar-refractivity contribution in [2.45, 2.75) is 6.61 Å². The molecule has 1 aliphatic rings. The molecule has 146 valence electrons. The average molecular weight is 385 g/mol. The Kier molecular flexibility index (Phi) is 6.46. The first-order chi connectivity index (χ1) is 13.6. The van der Waals surface area contributed by atoms with E-state index in [2.05, 4.69) is 4.74 Å². The third kappa shape index (κ3) is 5.47. The normalized spacial score (nSPS) is 13.0. The van der Waals surface area contributed by atoms with Crippen LogP contribution in [0.5, 0.6) is 11.5 Å². The number of nitrogens with zero attached hydrogens (tertiary/aromatic N) is 1. The van der Waals surface area contributed by atoms with Gasteiger partial charge in [-0.25, -0.2) is 14.5 Å². The Morgan fingerprint density at radius 2 is 1.61 bits per heavy atom. The molecule has 0 aliphatic carbocycles. The highest BCUT2D eigenvalue weighted by molar-refractivity contribution is 5.94. The lowest BCUT2D eigenvalue weighted by molar-refractivity contribution is -0.152. The van der Waals surface area contributed by atoms with Gasteiger partial charge in [-0.1, -0.05) is 30.3 Å². The minimum absolute atomic E-state index is 0.146. The molecule has 1 saturated heterocycles. The van der Waals surface area contributed by atoms with Crippen molar-refractivity contribution >= 4 is 18.0 Å². The van der Waals surface area contributed by atoms with Gasteiger partial charge in [0.25, 0.3) is 5.91 Å². The average Bonchev–Trinajstić information content (AvgIpc) is 3.16. The topological polar surface area (TPSA) is 91.4 Å². The largest absolute Gasteiger partial charge is 0.489 e. The molecule has 3 rings (SSSR count). The van der Waals surface area contributed by atoms with E-state index >= 15 is 0 Å². The number of cyclic esters (lactones) is 1. The molecule has 0 unspecified atom stereocenters. The maximum absolute atomic E-state index is 11.7. The summed E-state index contributed by atoms with van der Waals surface area (Å²) in [7, 11) is 0. The second kappa shape index (κ2) is 9.40. The Bertz CT molecular complexity index is 820. The van der Waals surface area contributed by atoms with Crippen molar-refractivity contribution < 1.29 is 33.3 Å². The number of ether oxygens (including phenoxy) is 4. The lowest BCUT2D eigenvalue weighted by Gasteiger charge is -2.11. The lowest BCUT2D eigenvalue weighted by atomic mass is 10.2. The minimum Gasteiger partial charge on any atom is -0.489 e. The van der Waals surface area contributed by atoms with E-state index in [1.807, 2.05) is 30.3 Å². The second-order valence-electron chi connectivity index (χ2n) is 5.85. The number of benzene rings is 2. The number of hydrogen-bond acceptors (Lipinski definition) is 7. The zero-order chi connectivity index (χ0) is 19.8. The molecule has 0 aromatic heterocycles. The first kappa shape index (κ1) is 19.2. The molecule has 8 nitrogen and oxygen atoms in total. The van der Waals surface area contributed by atoms with Crippen LogP contribution in [0, 0.1) is 0 Å². The van der Waals surface area contributed by atoms with Gasteiger partial charge in [-0.05, 0) is 29.8 Å². The van der Waals surface area contributed by atoms with Crippen LogP contribution in [0.25, 0.3) is 0 Å². The third-order valence-corrected chi connectivity index (χ3v) is 3.85. The monoisotopic (exact) mass is 385 g/mol. The molecule has 1 heterocycles. The van der Waals surface area contributed by atoms with Crippen LogP contribution in [0.4, 0.5) is 4.79 Å². The fourth-order valence-corrected chi connectivity index (χ4v) is 2.40. The molecule has 0 saturated carbocycles. The molecule has 1 aliphatic heterocycles. The summed E-state index contributed by atoms with van der Waals surface area (Å²) in [5.74, 6) is -0.221. The van der Waals surface area contributed by atoms with Gasteiger partial charge in [0, 0.05) is 0 Å². The molecule has 28 heavy (non-hydrogen) atoms. The van der Waals surface area contributed by atoms with Crippen LogP contribution in [0.1, 0.15) is 5.56 Å². The van der Waals surface area contributed by atoms with E-state index in [-0.39, 0.29) is 19.8 Å². The van der Waals surface area contributed by atoms with Gasteiger partial charge in [-0.15, -0.1) is 0 Å².